The van der Waals surface area contributed by atoms with E-state index in [1.807, 2.05) is 0 Å². The van der Waals surface area contributed by atoms with Crippen molar-refractivity contribution in [1.82, 2.24) is 5.32 Å². The third-order valence-electron chi connectivity index (χ3n) is 4.70. The molecule has 0 amide bonds. The van der Waals surface area contributed by atoms with Crippen LogP contribution in [0.4, 0.5) is 0 Å². The van der Waals surface area contributed by atoms with Crippen molar-refractivity contribution in [1.29, 1.82) is 0 Å². The van der Waals surface area contributed by atoms with Gasteiger partial charge < -0.3 is 10.1 Å². The minimum atomic E-state index is 0.458. The maximum Gasteiger partial charge on any atom is 0.0723 e. The van der Waals surface area contributed by atoms with Gasteiger partial charge >= 0.3 is 0 Å². The first-order chi connectivity index (χ1) is 10.1. The molecule has 21 heavy (non-hydrogen) atoms. The van der Waals surface area contributed by atoms with Crippen molar-refractivity contribution in [2.45, 2.75) is 65.6 Å². The molecule has 1 aliphatic rings. The van der Waals surface area contributed by atoms with E-state index >= 15 is 0 Å². The fourth-order valence-corrected chi connectivity index (χ4v) is 3.09. The predicted molar refractivity (Wildman–Crippen MR) is 89.5 cm³/mol. The van der Waals surface area contributed by atoms with Gasteiger partial charge in [0.15, 0.2) is 0 Å². The van der Waals surface area contributed by atoms with Gasteiger partial charge in [-0.15, -0.1) is 0 Å². The molecule has 1 fully saturated rings. The van der Waals surface area contributed by atoms with Crippen LogP contribution in [0, 0.1) is 5.41 Å². The van der Waals surface area contributed by atoms with Crippen LogP contribution in [-0.4, -0.2) is 19.2 Å². The molecule has 1 N–H and O–H groups in total. The van der Waals surface area contributed by atoms with E-state index < -0.39 is 0 Å². The van der Waals surface area contributed by atoms with E-state index in [9.17, 15) is 0 Å². The van der Waals surface area contributed by atoms with E-state index in [2.05, 4.69) is 50.4 Å². The Balaban J connectivity index is 1.82. The van der Waals surface area contributed by atoms with Crippen LogP contribution in [0.2, 0.25) is 0 Å². The summed E-state index contributed by atoms with van der Waals surface area (Å²) in [6, 6.07) is 8.71. The lowest BCUT2D eigenvalue weighted by atomic mass is 9.76. The molecule has 0 atom stereocenters. The number of benzene rings is 1. The summed E-state index contributed by atoms with van der Waals surface area (Å²) in [7, 11) is 0. The average molecular weight is 289 g/mol. The lowest BCUT2D eigenvalue weighted by Crippen LogP contribution is -2.26. The first-order valence-electron chi connectivity index (χ1n) is 8.50. The van der Waals surface area contributed by atoms with Gasteiger partial charge in [0.1, 0.15) is 0 Å². The monoisotopic (exact) mass is 289 g/mol. The van der Waals surface area contributed by atoms with Crippen LogP contribution in [0.3, 0.4) is 0 Å². The van der Waals surface area contributed by atoms with Crippen LogP contribution in [0.15, 0.2) is 24.3 Å². The normalized spacial score (nSPS) is 18.8. The molecule has 2 heteroatoms. The van der Waals surface area contributed by atoms with E-state index in [1.54, 1.807) is 0 Å². The predicted octanol–water partition coefficient (Wildman–Crippen LogP) is 4.32. The van der Waals surface area contributed by atoms with E-state index in [4.69, 9.17) is 4.74 Å². The van der Waals surface area contributed by atoms with Gasteiger partial charge in [0.05, 0.1) is 12.7 Å². The molecule has 0 aliphatic heterocycles. The highest BCUT2D eigenvalue weighted by Gasteiger charge is 2.27. The zero-order valence-electron chi connectivity index (χ0n) is 14.0. The van der Waals surface area contributed by atoms with Crippen LogP contribution >= 0.6 is 0 Å². The van der Waals surface area contributed by atoms with Crippen molar-refractivity contribution in [2.24, 2.45) is 5.41 Å². The fourth-order valence-electron chi connectivity index (χ4n) is 3.09. The Hall–Kier alpha value is -0.860. The zero-order valence-corrected chi connectivity index (χ0v) is 14.0. The van der Waals surface area contributed by atoms with Gasteiger partial charge in [-0.1, -0.05) is 45.0 Å². The van der Waals surface area contributed by atoms with Crippen molar-refractivity contribution in [3.8, 4) is 0 Å². The second-order valence-corrected chi connectivity index (χ2v) is 7.05. The molecule has 1 aromatic carbocycles. The van der Waals surface area contributed by atoms with Gasteiger partial charge in [0.25, 0.3) is 0 Å². The molecule has 1 aliphatic carbocycles. The Kier molecular flexibility index (Phi) is 6.25. The van der Waals surface area contributed by atoms with E-state index in [-0.39, 0.29) is 0 Å². The van der Waals surface area contributed by atoms with Crippen molar-refractivity contribution >= 4 is 0 Å². The van der Waals surface area contributed by atoms with Gasteiger partial charge in [-0.05, 0) is 61.7 Å². The number of ether oxygens (including phenoxy) is 1. The smallest absolute Gasteiger partial charge is 0.0723 e. The summed E-state index contributed by atoms with van der Waals surface area (Å²) in [6.07, 6.45) is 6.56. The third kappa shape index (κ3) is 5.44. The highest BCUT2D eigenvalue weighted by atomic mass is 16.5. The number of rotatable bonds is 7. The third-order valence-corrected chi connectivity index (χ3v) is 4.70. The molecule has 0 saturated heterocycles. The number of hydrogen-bond donors (Lipinski definition) is 1. The Labute approximate surface area is 130 Å². The Morgan fingerprint density at radius 2 is 1.81 bits per heavy atom. The van der Waals surface area contributed by atoms with E-state index in [0.717, 1.165) is 26.1 Å². The summed E-state index contributed by atoms with van der Waals surface area (Å²) < 4.78 is 6.19. The summed E-state index contributed by atoms with van der Waals surface area (Å²) in [6.45, 7) is 9.76. The molecule has 2 nitrogen and oxygen atoms in total. The van der Waals surface area contributed by atoms with Crippen LogP contribution in [0.25, 0.3) is 0 Å². The van der Waals surface area contributed by atoms with Crippen molar-refractivity contribution in [2.75, 3.05) is 13.1 Å². The molecule has 0 aromatic heterocycles. The Morgan fingerprint density at radius 1 is 1.14 bits per heavy atom. The van der Waals surface area contributed by atoms with Crippen LogP contribution in [0.1, 0.15) is 57.6 Å². The largest absolute Gasteiger partial charge is 0.374 e. The van der Waals surface area contributed by atoms with Crippen LogP contribution in [-0.2, 0) is 17.8 Å². The molecule has 0 spiro atoms. The van der Waals surface area contributed by atoms with Crippen molar-refractivity contribution in [3.63, 3.8) is 0 Å². The summed E-state index contributed by atoms with van der Waals surface area (Å²) in [5.41, 5.74) is 3.30. The van der Waals surface area contributed by atoms with E-state index in [1.165, 1.54) is 36.8 Å². The molecule has 1 aromatic rings. The second kappa shape index (κ2) is 7.95. The Bertz CT molecular complexity index is 417. The minimum Gasteiger partial charge on any atom is -0.374 e. The Morgan fingerprint density at radius 3 is 2.48 bits per heavy atom. The second-order valence-electron chi connectivity index (χ2n) is 7.05. The maximum atomic E-state index is 6.19. The quantitative estimate of drug-likeness (QED) is 0.755. The van der Waals surface area contributed by atoms with Gasteiger partial charge in [-0.25, -0.2) is 0 Å². The number of likely N-dealkylation sites (N-methyl/N-ethyl adjacent to an activating group) is 1. The fraction of sp³-hybridized carbons (Fsp3) is 0.684. The molecular formula is C19H31NO. The van der Waals surface area contributed by atoms with Crippen molar-refractivity contribution in [3.05, 3.63) is 35.4 Å². The average Bonchev–Trinajstić information content (AvgIpc) is 2.48. The molecule has 0 bridgehead atoms. The molecule has 0 unspecified atom stereocenters. The lowest BCUT2D eigenvalue weighted by Gasteiger charge is -2.34. The van der Waals surface area contributed by atoms with Gasteiger partial charge in [0.2, 0.25) is 0 Å². The molecular weight excluding hydrogens is 258 g/mol. The summed E-state index contributed by atoms with van der Waals surface area (Å²) in [5, 5.41) is 3.40. The topological polar surface area (TPSA) is 21.3 Å². The molecule has 1 saturated carbocycles. The molecule has 0 radical (unpaired) electrons. The standard InChI is InChI=1S/C19H31NO/c1-4-20-14-11-16-7-5-6-8-17(16)15-21-18-9-12-19(2,3)13-10-18/h5-8,18,20H,4,9-15H2,1-3H3. The molecule has 2 rings (SSSR count). The van der Waals surface area contributed by atoms with Crippen LogP contribution in [0.5, 0.6) is 0 Å². The van der Waals surface area contributed by atoms with Gasteiger partial charge in [0, 0.05) is 0 Å². The highest BCUT2D eigenvalue weighted by Crippen LogP contribution is 2.36. The molecule has 0 heterocycles. The lowest BCUT2D eigenvalue weighted by molar-refractivity contribution is -0.00583. The van der Waals surface area contributed by atoms with Crippen LogP contribution < -0.4 is 5.32 Å². The highest BCUT2D eigenvalue weighted by molar-refractivity contribution is 5.26. The van der Waals surface area contributed by atoms with Gasteiger partial charge in [-0.3, -0.25) is 0 Å². The SMILES string of the molecule is CCNCCc1ccccc1COC1CCC(C)(C)CC1. The maximum absolute atomic E-state index is 6.19. The minimum absolute atomic E-state index is 0.458. The number of hydrogen-bond acceptors (Lipinski definition) is 2. The molecule has 118 valence electrons. The van der Waals surface area contributed by atoms with E-state index in [0.29, 0.717) is 11.5 Å². The van der Waals surface area contributed by atoms with Gasteiger partial charge in [-0.2, -0.15) is 0 Å². The summed E-state index contributed by atoms with van der Waals surface area (Å²) in [4.78, 5) is 0. The van der Waals surface area contributed by atoms with Crippen molar-refractivity contribution < 1.29 is 4.74 Å². The summed E-state index contributed by atoms with van der Waals surface area (Å²) in [5.74, 6) is 0. The first kappa shape index (κ1) is 16.5. The summed E-state index contributed by atoms with van der Waals surface area (Å²) >= 11 is 0. The first-order valence-corrected chi connectivity index (χ1v) is 8.50. The zero-order chi connectivity index (χ0) is 15.1. The number of nitrogens with one attached hydrogen (secondary N) is 1.